The third kappa shape index (κ3) is 3.83. The van der Waals surface area contributed by atoms with Gasteiger partial charge in [0, 0.05) is 5.69 Å². The summed E-state index contributed by atoms with van der Waals surface area (Å²) in [5.74, 6) is 1.25. The molecule has 0 unspecified atom stereocenters. The summed E-state index contributed by atoms with van der Waals surface area (Å²) < 4.78 is 5.67. The normalized spacial score (nSPS) is 10.9. The van der Waals surface area contributed by atoms with E-state index in [1.807, 2.05) is 30.3 Å². The maximum atomic E-state index is 11.7. The van der Waals surface area contributed by atoms with Crippen LogP contribution in [0, 0.1) is 0 Å². The molecule has 0 radical (unpaired) electrons. The molecule has 0 heterocycles. The van der Waals surface area contributed by atoms with Crippen LogP contribution in [-0.4, -0.2) is 11.4 Å². The average molecular weight is 270 g/mol. The SMILES string of the molecule is CC(C)(N)C(=O)Nc1ccc(Oc2ccccc2)cc1. The van der Waals surface area contributed by atoms with E-state index in [0.29, 0.717) is 11.4 Å². The number of anilines is 1. The zero-order chi connectivity index (χ0) is 14.6. The summed E-state index contributed by atoms with van der Waals surface area (Å²) >= 11 is 0. The van der Waals surface area contributed by atoms with Crippen LogP contribution in [0.2, 0.25) is 0 Å². The number of ether oxygens (including phenoxy) is 1. The summed E-state index contributed by atoms with van der Waals surface area (Å²) in [6.45, 7) is 3.32. The van der Waals surface area contributed by atoms with Gasteiger partial charge in [0.25, 0.3) is 0 Å². The molecular weight excluding hydrogens is 252 g/mol. The van der Waals surface area contributed by atoms with Crippen molar-refractivity contribution in [1.82, 2.24) is 0 Å². The highest BCUT2D eigenvalue weighted by atomic mass is 16.5. The summed E-state index contributed by atoms with van der Waals surface area (Å²) in [6, 6.07) is 16.7. The van der Waals surface area contributed by atoms with Crippen molar-refractivity contribution in [2.24, 2.45) is 5.73 Å². The van der Waals surface area contributed by atoms with Crippen LogP contribution < -0.4 is 15.8 Å². The van der Waals surface area contributed by atoms with Crippen LogP contribution in [0.15, 0.2) is 54.6 Å². The third-order valence-electron chi connectivity index (χ3n) is 2.68. The molecule has 104 valence electrons. The molecule has 1 amide bonds. The van der Waals surface area contributed by atoms with Crippen molar-refractivity contribution < 1.29 is 9.53 Å². The molecular formula is C16H18N2O2. The molecule has 0 aromatic heterocycles. The fourth-order valence-electron chi connectivity index (χ4n) is 1.52. The highest BCUT2D eigenvalue weighted by Gasteiger charge is 2.21. The molecule has 2 rings (SSSR count). The van der Waals surface area contributed by atoms with Crippen LogP contribution in [0.25, 0.3) is 0 Å². The number of carbonyl (C=O) groups excluding carboxylic acids is 1. The average Bonchev–Trinajstić information content (AvgIpc) is 2.41. The Labute approximate surface area is 118 Å². The second-order valence-corrected chi connectivity index (χ2v) is 5.12. The molecule has 0 aliphatic heterocycles. The predicted molar refractivity (Wildman–Crippen MR) is 79.9 cm³/mol. The van der Waals surface area contributed by atoms with Gasteiger partial charge in [0.15, 0.2) is 0 Å². The molecule has 2 aromatic rings. The fraction of sp³-hybridized carbons (Fsp3) is 0.188. The topological polar surface area (TPSA) is 64.4 Å². The Morgan fingerprint density at radius 2 is 1.55 bits per heavy atom. The van der Waals surface area contributed by atoms with Gasteiger partial charge in [-0.25, -0.2) is 0 Å². The number of benzene rings is 2. The van der Waals surface area contributed by atoms with Crippen LogP contribution >= 0.6 is 0 Å². The van der Waals surface area contributed by atoms with Crippen molar-refractivity contribution in [2.45, 2.75) is 19.4 Å². The van der Waals surface area contributed by atoms with Gasteiger partial charge in [0.05, 0.1) is 5.54 Å². The number of carbonyl (C=O) groups is 1. The number of amides is 1. The smallest absolute Gasteiger partial charge is 0.243 e. The lowest BCUT2D eigenvalue weighted by molar-refractivity contribution is -0.120. The largest absolute Gasteiger partial charge is 0.457 e. The summed E-state index contributed by atoms with van der Waals surface area (Å²) in [7, 11) is 0. The number of para-hydroxylation sites is 1. The van der Waals surface area contributed by atoms with Crippen molar-refractivity contribution in [3.05, 3.63) is 54.6 Å². The first kappa shape index (κ1) is 14.1. The fourth-order valence-corrected chi connectivity index (χ4v) is 1.52. The lowest BCUT2D eigenvalue weighted by Gasteiger charge is -2.17. The highest BCUT2D eigenvalue weighted by Crippen LogP contribution is 2.22. The molecule has 3 N–H and O–H groups in total. The van der Waals surface area contributed by atoms with Gasteiger partial charge in [-0.15, -0.1) is 0 Å². The number of hydrogen-bond donors (Lipinski definition) is 2. The van der Waals surface area contributed by atoms with Crippen molar-refractivity contribution in [2.75, 3.05) is 5.32 Å². The number of nitrogens with one attached hydrogen (secondary N) is 1. The van der Waals surface area contributed by atoms with Gasteiger partial charge < -0.3 is 15.8 Å². The summed E-state index contributed by atoms with van der Waals surface area (Å²) in [6.07, 6.45) is 0. The van der Waals surface area contributed by atoms with Gasteiger partial charge in [-0.05, 0) is 50.2 Å². The zero-order valence-electron chi connectivity index (χ0n) is 11.6. The van der Waals surface area contributed by atoms with Crippen LogP contribution in [0.5, 0.6) is 11.5 Å². The molecule has 0 atom stereocenters. The lowest BCUT2D eigenvalue weighted by Crippen LogP contribution is -2.45. The Kier molecular flexibility index (Phi) is 4.05. The second-order valence-electron chi connectivity index (χ2n) is 5.12. The Morgan fingerprint density at radius 1 is 1.00 bits per heavy atom. The van der Waals surface area contributed by atoms with E-state index in [0.717, 1.165) is 5.75 Å². The molecule has 4 heteroatoms. The van der Waals surface area contributed by atoms with Crippen molar-refractivity contribution in [3.8, 4) is 11.5 Å². The minimum atomic E-state index is -0.904. The van der Waals surface area contributed by atoms with E-state index in [9.17, 15) is 4.79 Å². The molecule has 0 fully saturated rings. The van der Waals surface area contributed by atoms with Gasteiger partial charge in [-0.2, -0.15) is 0 Å². The quantitative estimate of drug-likeness (QED) is 0.897. The number of hydrogen-bond acceptors (Lipinski definition) is 3. The van der Waals surface area contributed by atoms with Crippen molar-refractivity contribution in [3.63, 3.8) is 0 Å². The Hall–Kier alpha value is -2.33. The van der Waals surface area contributed by atoms with Gasteiger partial charge in [0.2, 0.25) is 5.91 Å². The Morgan fingerprint density at radius 3 is 2.10 bits per heavy atom. The maximum absolute atomic E-state index is 11.7. The van der Waals surface area contributed by atoms with Gasteiger partial charge in [-0.3, -0.25) is 4.79 Å². The van der Waals surface area contributed by atoms with Crippen molar-refractivity contribution >= 4 is 11.6 Å². The zero-order valence-corrected chi connectivity index (χ0v) is 11.6. The van der Waals surface area contributed by atoms with E-state index in [2.05, 4.69) is 5.32 Å². The molecule has 0 aliphatic rings. The lowest BCUT2D eigenvalue weighted by atomic mass is 10.1. The molecule has 0 bridgehead atoms. The van der Waals surface area contributed by atoms with E-state index >= 15 is 0 Å². The van der Waals surface area contributed by atoms with E-state index in [-0.39, 0.29) is 5.91 Å². The molecule has 20 heavy (non-hydrogen) atoms. The molecule has 0 saturated carbocycles. The monoisotopic (exact) mass is 270 g/mol. The van der Waals surface area contributed by atoms with Gasteiger partial charge in [-0.1, -0.05) is 18.2 Å². The van der Waals surface area contributed by atoms with E-state index in [1.165, 1.54) is 0 Å². The number of nitrogens with two attached hydrogens (primary N) is 1. The minimum absolute atomic E-state index is 0.228. The van der Waals surface area contributed by atoms with Gasteiger partial charge >= 0.3 is 0 Å². The van der Waals surface area contributed by atoms with Crippen LogP contribution in [-0.2, 0) is 4.79 Å². The first-order chi connectivity index (χ1) is 9.45. The van der Waals surface area contributed by atoms with Crippen LogP contribution in [0.3, 0.4) is 0 Å². The first-order valence-corrected chi connectivity index (χ1v) is 6.38. The maximum Gasteiger partial charge on any atom is 0.243 e. The summed E-state index contributed by atoms with van der Waals surface area (Å²) in [5.41, 5.74) is 5.51. The molecule has 4 nitrogen and oxygen atoms in total. The molecule has 0 spiro atoms. The standard InChI is InChI=1S/C16H18N2O2/c1-16(2,17)15(19)18-12-8-10-14(11-9-12)20-13-6-4-3-5-7-13/h3-11H,17H2,1-2H3,(H,18,19). The molecule has 0 aliphatic carbocycles. The Bertz CT molecular complexity index is 572. The van der Waals surface area contributed by atoms with Crippen LogP contribution in [0.1, 0.15) is 13.8 Å². The van der Waals surface area contributed by atoms with E-state index in [1.54, 1.807) is 38.1 Å². The minimum Gasteiger partial charge on any atom is -0.457 e. The van der Waals surface area contributed by atoms with E-state index < -0.39 is 5.54 Å². The van der Waals surface area contributed by atoms with Crippen molar-refractivity contribution in [1.29, 1.82) is 0 Å². The van der Waals surface area contributed by atoms with E-state index in [4.69, 9.17) is 10.5 Å². The highest BCUT2D eigenvalue weighted by molar-refractivity contribution is 5.97. The molecule has 2 aromatic carbocycles. The van der Waals surface area contributed by atoms with Crippen LogP contribution in [0.4, 0.5) is 5.69 Å². The van der Waals surface area contributed by atoms with Gasteiger partial charge in [0.1, 0.15) is 11.5 Å². The predicted octanol–water partition coefficient (Wildman–Crippen LogP) is 3.15. The number of rotatable bonds is 4. The molecule has 0 saturated heterocycles. The first-order valence-electron chi connectivity index (χ1n) is 6.38. The third-order valence-corrected chi connectivity index (χ3v) is 2.68. The summed E-state index contributed by atoms with van der Waals surface area (Å²) in [4.78, 5) is 11.7. The Balaban J connectivity index is 2.02. The second kappa shape index (κ2) is 5.75. The summed E-state index contributed by atoms with van der Waals surface area (Å²) in [5, 5.41) is 2.75.